The van der Waals surface area contributed by atoms with Gasteiger partial charge in [-0.25, -0.2) is 8.42 Å². The molecule has 0 spiro atoms. The Morgan fingerprint density at radius 1 is 1.42 bits per heavy atom. The lowest BCUT2D eigenvalue weighted by atomic mass is 10.4. The van der Waals surface area contributed by atoms with Crippen molar-refractivity contribution in [3.05, 3.63) is 27.8 Å². The molecule has 0 aliphatic rings. The van der Waals surface area contributed by atoms with E-state index < -0.39 is 29.1 Å². The minimum Gasteiger partial charge on any atom is -0.224 e. The van der Waals surface area contributed by atoms with Gasteiger partial charge in [0.25, 0.3) is 0 Å². The molecule has 0 heterocycles. The molecule has 1 aromatic carbocycles. The van der Waals surface area contributed by atoms with Gasteiger partial charge in [-0.05, 0) is 46.7 Å². The molecule has 0 fully saturated rings. The molecule has 0 saturated heterocycles. The summed E-state index contributed by atoms with van der Waals surface area (Å²) in [5.41, 5.74) is 0. The standard InChI is InChI=1S/C7H7IO2S2/c1-12(9,10)7-4-2-3-6(5-7)8-11/h2-5H,1H3. The second-order valence-corrected chi connectivity index (χ2v) is 7.04. The molecule has 0 unspecified atom stereocenters. The van der Waals surface area contributed by atoms with Crippen LogP contribution in [0.1, 0.15) is 0 Å². The highest BCUT2D eigenvalue weighted by atomic mass is 127. The first-order valence-electron chi connectivity index (χ1n) is 3.11. The highest BCUT2D eigenvalue weighted by molar-refractivity contribution is 14.2. The maximum absolute atomic E-state index is 11.1. The van der Waals surface area contributed by atoms with Crippen LogP contribution in [0.4, 0.5) is 0 Å². The van der Waals surface area contributed by atoms with Crippen LogP contribution in [0, 0.1) is 3.57 Å². The average molecular weight is 314 g/mol. The van der Waals surface area contributed by atoms with E-state index in [0.717, 1.165) is 3.57 Å². The van der Waals surface area contributed by atoms with Crippen LogP contribution in [-0.4, -0.2) is 14.7 Å². The van der Waals surface area contributed by atoms with Crippen molar-refractivity contribution in [3.8, 4) is 0 Å². The predicted octanol–water partition coefficient (Wildman–Crippen LogP) is 2.34. The Hall–Kier alpha value is 0.120. The first-order valence-corrected chi connectivity index (χ1v) is 9.03. The van der Waals surface area contributed by atoms with E-state index in [2.05, 4.69) is 0 Å². The molecule has 66 valence electrons. The topological polar surface area (TPSA) is 34.1 Å². The summed E-state index contributed by atoms with van der Waals surface area (Å²) >= 11 is -0.437. The van der Waals surface area contributed by atoms with E-state index in [9.17, 15) is 8.42 Å². The molecule has 0 aliphatic carbocycles. The van der Waals surface area contributed by atoms with Crippen molar-refractivity contribution in [3.63, 3.8) is 0 Å². The molecule has 2 nitrogen and oxygen atoms in total. The van der Waals surface area contributed by atoms with E-state index in [1.54, 1.807) is 18.2 Å². The van der Waals surface area contributed by atoms with Crippen LogP contribution in [0.5, 0.6) is 0 Å². The monoisotopic (exact) mass is 314 g/mol. The van der Waals surface area contributed by atoms with Gasteiger partial charge in [0.1, 0.15) is 0 Å². The van der Waals surface area contributed by atoms with Gasteiger partial charge in [0.15, 0.2) is 9.84 Å². The van der Waals surface area contributed by atoms with Crippen LogP contribution in [0.3, 0.4) is 0 Å². The van der Waals surface area contributed by atoms with Crippen LogP contribution >= 0.6 is 28.5 Å². The van der Waals surface area contributed by atoms with Crippen molar-refractivity contribution < 1.29 is 8.42 Å². The average Bonchev–Trinajstić information content (AvgIpc) is 2.03. The molecule has 0 atom stereocenters. The number of hydrogen-bond acceptors (Lipinski definition) is 3. The second kappa shape index (κ2) is 3.89. The van der Waals surface area contributed by atoms with Gasteiger partial charge in [-0.3, -0.25) is 0 Å². The lowest BCUT2D eigenvalue weighted by molar-refractivity contribution is 0.602. The summed E-state index contributed by atoms with van der Waals surface area (Å²) in [6.45, 7) is 0. The number of hydrogen-bond donors (Lipinski definition) is 0. The third kappa shape index (κ3) is 2.56. The van der Waals surface area contributed by atoms with E-state index in [1.807, 2.05) is 6.07 Å². The Kier molecular flexibility index (Phi) is 3.30. The molecule has 0 amide bonds. The number of halogens is 1. The summed E-state index contributed by atoms with van der Waals surface area (Å²) in [6, 6.07) is 6.86. The van der Waals surface area contributed by atoms with Crippen LogP contribution in [0.2, 0.25) is 0 Å². The smallest absolute Gasteiger partial charge is 0.175 e. The Bertz CT molecular complexity index is 398. The van der Waals surface area contributed by atoms with Crippen molar-refractivity contribution >= 4 is 38.4 Å². The third-order valence-corrected chi connectivity index (χ3v) is 4.80. The van der Waals surface area contributed by atoms with Crippen molar-refractivity contribution in [1.29, 1.82) is 0 Å². The quantitative estimate of drug-likeness (QED) is 0.786. The first kappa shape index (κ1) is 10.2. The fourth-order valence-corrected chi connectivity index (χ4v) is 3.08. The molecule has 0 bridgehead atoms. The lowest BCUT2D eigenvalue weighted by Crippen LogP contribution is -1.96. The molecule has 1 aromatic rings. The van der Waals surface area contributed by atoms with Crippen molar-refractivity contribution in [2.75, 3.05) is 6.26 Å². The van der Waals surface area contributed by atoms with Gasteiger partial charge in [-0.1, -0.05) is 6.07 Å². The highest BCUT2D eigenvalue weighted by Crippen LogP contribution is 2.17. The third-order valence-electron chi connectivity index (χ3n) is 1.31. The van der Waals surface area contributed by atoms with Gasteiger partial charge in [0.2, 0.25) is 0 Å². The molecule has 0 aromatic heterocycles. The number of rotatable bonds is 2. The minimum atomic E-state index is -3.06. The second-order valence-electron chi connectivity index (χ2n) is 2.31. The molecular formula is C7H7IO2S2. The zero-order valence-corrected chi connectivity index (χ0v) is 10.1. The molecule has 0 radical (unpaired) electrons. The number of benzene rings is 1. The summed E-state index contributed by atoms with van der Waals surface area (Å²) in [6.07, 6.45) is 1.20. The molecule has 1 rings (SSSR count). The zero-order valence-electron chi connectivity index (χ0n) is 6.32. The van der Waals surface area contributed by atoms with Crippen LogP contribution in [0.15, 0.2) is 29.2 Å². The van der Waals surface area contributed by atoms with E-state index in [-0.39, 0.29) is 0 Å². The van der Waals surface area contributed by atoms with E-state index >= 15 is 0 Å². The van der Waals surface area contributed by atoms with Gasteiger partial charge in [-0.2, -0.15) is 0 Å². The normalized spacial score (nSPS) is 11.4. The van der Waals surface area contributed by atoms with Crippen molar-refractivity contribution in [2.24, 2.45) is 0 Å². The maximum atomic E-state index is 11.1. The van der Waals surface area contributed by atoms with Gasteiger partial charge >= 0.3 is 0 Å². The van der Waals surface area contributed by atoms with Crippen LogP contribution in [-0.2, 0) is 9.84 Å². The zero-order chi connectivity index (χ0) is 9.19. The summed E-state index contributed by atoms with van der Waals surface area (Å²) in [5, 5.41) is 0. The Labute approximate surface area is 85.3 Å². The van der Waals surface area contributed by atoms with Crippen LogP contribution < -0.4 is 0 Å². The Morgan fingerprint density at radius 3 is 2.58 bits per heavy atom. The molecular weight excluding hydrogens is 307 g/mol. The Balaban J connectivity index is 3.29. The fourth-order valence-electron chi connectivity index (χ4n) is 0.746. The van der Waals surface area contributed by atoms with Gasteiger partial charge < -0.3 is 0 Å². The van der Waals surface area contributed by atoms with Crippen LogP contribution in [0.25, 0.3) is 0 Å². The Morgan fingerprint density at radius 2 is 2.08 bits per heavy atom. The van der Waals surface area contributed by atoms with Gasteiger partial charge in [0, 0.05) is 9.83 Å². The molecule has 0 saturated carbocycles. The SMILES string of the molecule is CS(=O)(=O)c1cccc(I=S)c1. The number of sulfone groups is 1. The lowest BCUT2D eigenvalue weighted by Gasteiger charge is -1.97. The van der Waals surface area contributed by atoms with E-state index in [4.69, 9.17) is 9.28 Å². The summed E-state index contributed by atoms with van der Waals surface area (Å²) in [7, 11) is 1.85. The first-order chi connectivity index (χ1) is 5.54. The van der Waals surface area contributed by atoms with Crippen molar-refractivity contribution in [1.82, 2.24) is 0 Å². The summed E-state index contributed by atoms with van der Waals surface area (Å²) in [4.78, 5) is 0.365. The largest absolute Gasteiger partial charge is 0.224 e. The maximum Gasteiger partial charge on any atom is 0.175 e. The minimum absolute atomic E-state index is 0.365. The van der Waals surface area contributed by atoms with E-state index in [0.29, 0.717) is 4.90 Å². The fraction of sp³-hybridized carbons (Fsp3) is 0.143. The molecule has 0 N–H and O–H groups in total. The predicted molar refractivity (Wildman–Crippen MR) is 59.9 cm³/mol. The van der Waals surface area contributed by atoms with Gasteiger partial charge in [0.05, 0.1) is 4.90 Å². The van der Waals surface area contributed by atoms with E-state index in [1.165, 1.54) is 6.26 Å². The highest BCUT2D eigenvalue weighted by Gasteiger charge is 2.05. The molecule has 0 aliphatic heterocycles. The van der Waals surface area contributed by atoms with Crippen molar-refractivity contribution in [2.45, 2.75) is 4.90 Å². The molecule has 5 heteroatoms. The summed E-state index contributed by atoms with van der Waals surface area (Å²) < 4.78 is 23.1. The van der Waals surface area contributed by atoms with Gasteiger partial charge in [-0.15, -0.1) is 0 Å². The molecule has 12 heavy (non-hydrogen) atoms. The summed E-state index contributed by atoms with van der Waals surface area (Å²) in [5.74, 6) is 0.